The first-order valence-corrected chi connectivity index (χ1v) is 7.15. The van der Waals surface area contributed by atoms with Gasteiger partial charge in [0.15, 0.2) is 0 Å². The van der Waals surface area contributed by atoms with Crippen molar-refractivity contribution in [3.63, 3.8) is 0 Å². The molecular formula is C16H22N2O2. The minimum atomic E-state index is -0.877. The molecule has 0 radical (unpaired) electrons. The van der Waals surface area contributed by atoms with Gasteiger partial charge in [-0.3, -0.25) is 0 Å². The van der Waals surface area contributed by atoms with Crippen LogP contribution in [0.5, 0.6) is 0 Å². The van der Waals surface area contributed by atoms with Gasteiger partial charge in [-0.25, -0.2) is 4.79 Å². The normalized spacial score (nSPS) is 11.2. The zero-order valence-electron chi connectivity index (χ0n) is 12.1. The quantitative estimate of drug-likeness (QED) is 0.851. The highest BCUT2D eigenvalue weighted by atomic mass is 16.4. The second kappa shape index (κ2) is 6.09. The Morgan fingerprint density at radius 1 is 1.40 bits per heavy atom. The lowest BCUT2D eigenvalue weighted by Crippen LogP contribution is -2.11. The summed E-state index contributed by atoms with van der Waals surface area (Å²) in [5, 5.41) is 10.2. The molecule has 2 rings (SSSR count). The number of aromatic carboxylic acids is 1. The van der Waals surface area contributed by atoms with Crippen LogP contribution in [0.1, 0.15) is 41.4 Å². The molecule has 0 saturated carbocycles. The Bertz CT molecular complexity index is 629. The van der Waals surface area contributed by atoms with Gasteiger partial charge >= 0.3 is 5.97 Å². The van der Waals surface area contributed by atoms with Crippen LogP contribution in [0.3, 0.4) is 0 Å². The third kappa shape index (κ3) is 2.56. The highest BCUT2D eigenvalue weighted by Crippen LogP contribution is 2.28. The number of nitrogens with two attached hydrogens (primary N) is 1. The summed E-state index contributed by atoms with van der Waals surface area (Å²) in [6.07, 6.45) is 3.22. The predicted molar refractivity (Wildman–Crippen MR) is 81.3 cm³/mol. The average Bonchev–Trinajstić information content (AvgIpc) is 2.69. The summed E-state index contributed by atoms with van der Waals surface area (Å²) < 4.78 is 2.20. The number of carboxylic acids is 1. The number of benzene rings is 1. The van der Waals surface area contributed by atoms with Crippen molar-refractivity contribution in [3.05, 3.63) is 35.0 Å². The SMILES string of the molecule is CCCCc1c(C)n(CCN)c2ccc(C(=O)O)cc12. The van der Waals surface area contributed by atoms with Crippen LogP contribution in [0, 0.1) is 6.92 Å². The first-order valence-electron chi connectivity index (χ1n) is 7.15. The van der Waals surface area contributed by atoms with Crippen molar-refractivity contribution < 1.29 is 9.90 Å². The van der Waals surface area contributed by atoms with Crippen molar-refractivity contribution in [2.24, 2.45) is 5.73 Å². The molecule has 0 bridgehead atoms. The molecule has 4 nitrogen and oxygen atoms in total. The van der Waals surface area contributed by atoms with E-state index < -0.39 is 5.97 Å². The maximum absolute atomic E-state index is 11.2. The maximum atomic E-state index is 11.2. The Morgan fingerprint density at radius 3 is 2.75 bits per heavy atom. The molecule has 0 fully saturated rings. The number of rotatable bonds is 6. The van der Waals surface area contributed by atoms with Crippen molar-refractivity contribution in [1.82, 2.24) is 4.57 Å². The number of fused-ring (bicyclic) bond motifs is 1. The van der Waals surface area contributed by atoms with Crippen LogP contribution in [-0.4, -0.2) is 22.2 Å². The van der Waals surface area contributed by atoms with Gasteiger partial charge in [-0.05, 0) is 43.5 Å². The first kappa shape index (κ1) is 14.6. The van der Waals surface area contributed by atoms with Crippen LogP contribution in [0.15, 0.2) is 18.2 Å². The minimum absolute atomic E-state index is 0.347. The van der Waals surface area contributed by atoms with E-state index in [2.05, 4.69) is 18.4 Å². The summed E-state index contributed by atoms with van der Waals surface area (Å²) in [7, 11) is 0. The molecule has 20 heavy (non-hydrogen) atoms. The molecule has 108 valence electrons. The number of aryl methyl sites for hydroxylation is 1. The fraction of sp³-hybridized carbons (Fsp3) is 0.438. The van der Waals surface area contributed by atoms with Crippen molar-refractivity contribution in [3.8, 4) is 0 Å². The van der Waals surface area contributed by atoms with E-state index in [4.69, 9.17) is 10.8 Å². The largest absolute Gasteiger partial charge is 0.478 e. The zero-order chi connectivity index (χ0) is 14.7. The monoisotopic (exact) mass is 274 g/mol. The zero-order valence-corrected chi connectivity index (χ0v) is 12.1. The van der Waals surface area contributed by atoms with Gasteiger partial charge in [0.2, 0.25) is 0 Å². The van der Waals surface area contributed by atoms with Gasteiger partial charge in [0.1, 0.15) is 0 Å². The van der Waals surface area contributed by atoms with Gasteiger partial charge in [0.25, 0.3) is 0 Å². The first-order chi connectivity index (χ1) is 9.60. The Kier molecular flexibility index (Phi) is 4.45. The summed E-state index contributed by atoms with van der Waals surface area (Å²) in [5.74, 6) is -0.877. The molecule has 0 aliphatic rings. The molecule has 0 aliphatic carbocycles. The third-order valence-electron chi connectivity index (χ3n) is 3.83. The van der Waals surface area contributed by atoms with E-state index in [1.165, 1.54) is 11.3 Å². The number of unbranched alkanes of at least 4 members (excludes halogenated alkanes) is 1. The smallest absolute Gasteiger partial charge is 0.335 e. The molecule has 0 atom stereocenters. The molecule has 4 heteroatoms. The molecule has 0 aliphatic heterocycles. The van der Waals surface area contributed by atoms with Gasteiger partial charge in [0.05, 0.1) is 5.56 Å². The molecule has 1 heterocycles. The number of hydrogen-bond acceptors (Lipinski definition) is 2. The Morgan fingerprint density at radius 2 is 2.15 bits per heavy atom. The van der Waals surface area contributed by atoms with E-state index >= 15 is 0 Å². The van der Waals surface area contributed by atoms with Crippen LogP contribution in [0.4, 0.5) is 0 Å². The average molecular weight is 274 g/mol. The van der Waals surface area contributed by atoms with Crippen LogP contribution in [-0.2, 0) is 13.0 Å². The second-order valence-electron chi connectivity index (χ2n) is 5.14. The van der Waals surface area contributed by atoms with Gasteiger partial charge < -0.3 is 15.4 Å². The number of nitrogens with zero attached hydrogens (tertiary/aromatic N) is 1. The van der Waals surface area contributed by atoms with Crippen molar-refractivity contribution >= 4 is 16.9 Å². The topological polar surface area (TPSA) is 68.2 Å². The number of carbonyl (C=O) groups is 1. The lowest BCUT2D eigenvalue weighted by atomic mass is 10.0. The van der Waals surface area contributed by atoms with Gasteiger partial charge in [-0.2, -0.15) is 0 Å². The summed E-state index contributed by atoms with van der Waals surface area (Å²) in [5.41, 5.74) is 9.60. The molecule has 0 saturated heterocycles. The molecule has 2 aromatic rings. The molecule has 3 N–H and O–H groups in total. The van der Waals surface area contributed by atoms with Crippen LogP contribution >= 0.6 is 0 Å². The van der Waals surface area contributed by atoms with E-state index in [-0.39, 0.29) is 0 Å². The second-order valence-corrected chi connectivity index (χ2v) is 5.14. The van der Waals surface area contributed by atoms with Crippen molar-refractivity contribution in [2.45, 2.75) is 39.7 Å². The summed E-state index contributed by atoms with van der Waals surface area (Å²) in [6, 6.07) is 5.36. The standard InChI is InChI=1S/C16H22N2O2/c1-3-4-5-13-11(2)18(9-8-17)15-7-6-12(16(19)20)10-14(13)15/h6-7,10H,3-5,8-9,17H2,1-2H3,(H,19,20). The summed E-state index contributed by atoms with van der Waals surface area (Å²) >= 11 is 0. The minimum Gasteiger partial charge on any atom is -0.478 e. The van der Waals surface area contributed by atoms with E-state index in [1.807, 2.05) is 6.07 Å². The molecule has 0 spiro atoms. The fourth-order valence-electron chi connectivity index (χ4n) is 2.77. The molecule has 1 aromatic heterocycles. The molecule has 0 amide bonds. The maximum Gasteiger partial charge on any atom is 0.335 e. The number of carboxylic acid groups (broad SMARTS) is 1. The van der Waals surface area contributed by atoms with Crippen molar-refractivity contribution in [1.29, 1.82) is 0 Å². The van der Waals surface area contributed by atoms with Crippen LogP contribution < -0.4 is 5.73 Å². The van der Waals surface area contributed by atoms with E-state index in [1.54, 1.807) is 12.1 Å². The third-order valence-corrected chi connectivity index (χ3v) is 3.83. The predicted octanol–water partition coefficient (Wildman–Crippen LogP) is 2.95. The molecular weight excluding hydrogens is 252 g/mol. The highest BCUT2D eigenvalue weighted by molar-refractivity contribution is 5.95. The van der Waals surface area contributed by atoms with E-state index in [0.717, 1.165) is 36.7 Å². The lowest BCUT2D eigenvalue weighted by Gasteiger charge is -2.06. The Hall–Kier alpha value is -1.81. The fourth-order valence-corrected chi connectivity index (χ4v) is 2.77. The number of hydrogen-bond donors (Lipinski definition) is 2. The van der Waals surface area contributed by atoms with Gasteiger partial charge in [-0.15, -0.1) is 0 Å². The van der Waals surface area contributed by atoms with Crippen LogP contribution in [0.2, 0.25) is 0 Å². The highest BCUT2D eigenvalue weighted by Gasteiger charge is 2.15. The van der Waals surface area contributed by atoms with E-state index in [0.29, 0.717) is 12.1 Å². The van der Waals surface area contributed by atoms with E-state index in [9.17, 15) is 4.79 Å². The molecule has 0 unspecified atom stereocenters. The summed E-state index contributed by atoms with van der Waals surface area (Å²) in [6.45, 7) is 5.61. The lowest BCUT2D eigenvalue weighted by molar-refractivity contribution is 0.0697. The van der Waals surface area contributed by atoms with Gasteiger partial charge in [0, 0.05) is 29.7 Å². The van der Waals surface area contributed by atoms with Gasteiger partial charge in [-0.1, -0.05) is 13.3 Å². The van der Waals surface area contributed by atoms with Crippen molar-refractivity contribution in [2.75, 3.05) is 6.54 Å². The Labute approximate surface area is 119 Å². The molecule has 1 aromatic carbocycles. The Balaban J connectivity index is 2.63. The summed E-state index contributed by atoms with van der Waals surface area (Å²) in [4.78, 5) is 11.2. The number of aromatic nitrogens is 1. The van der Waals surface area contributed by atoms with Crippen LogP contribution in [0.25, 0.3) is 10.9 Å².